The predicted molar refractivity (Wildman–Crippen MR) is 89.3 cm³/mol. The maximum atomic E-state index is 12.7. The molecule has 0 atom stereocenters. The van der Waals surface area contributed by atoms with Gasteiger partial charge in [0.25, 0.3) is 5.91 Å². The molecule has 1 saturated heterocycles. The molecule has 0 spiro atoms. The molecule has 0 radical (unpaired) electrons. The Morgan fingerprint density at radius 2 is 2.00 bits per heavy atom. The van der Waals surface area contributed by atoms with Crippen LogP contribution in [0, 0.1) is 0 Å². The van der Waals surface area contributed by atoms with E-state index >= 15 is 0 Å². The first-order valence-corrected chi connectivity index (χ1v) is 8.87. The summed E-state index contributed by atoms with van der Waals surface area (Å²) in [6.07, 6.45) is 8.32. The Morgan fingerprint density at radius 3 is 2.79 bits per heavy atom. The fraction of sp³-hybridized carbons (Fsp3) is 0.588. The van der Waals surface area contributed by atoms with Gasteiger partial charge in [-0.25, -0.2) is 4.68 Å². The number of aryl methyl sites for hydroxylation is 1. The zero-order chi connectivity index (χ0) is 16.4. The average Bonchev–Trinajstić information content (AvgIpc) is 3.21. The van der Waals surface area contributed by atoms with E-state index in [1.807, 2.05) is 15.6 Å². The molecule has 7 heteroatoms. The van der Waals surface area contributed by atoms with Gasteiger partial charge in [0, 0.05) is 32.0 Å². The van der Waals surface area contributed by atoms with Crippen molar-refractivity contribution in [2.45, 2.75) is 45.3 Å². The molecule has 0 aromatic carbocycles. The number of piperidine rings is 1. The molecule has 2 aromatic heterocycles. The van der Waals surface area contributed by atoms with E-state index in [0.29, 0.717) is 12.1 Å². The molecule has 1 fully saturated rings. The third-order valence-electron chi connectivity index (χ3n) is 5.01. The molecule has 2 aromatic rings. The molecule has 1 amide bonds. The van der Waals surface area contributed by atoms with Gasteiger partial charge >= 0.3 is 0 Å². The number of nitrogens with zero attached hydrogens (tertiary/aromatic N) is 5. The van der Waals surface area contributed by atoms with Crippen molar-refractivity contribution in [3.05, 3.63) is 35.4 Å². The number of amides is 1. The van der Waals surface area contributed by atoms with Gasteiger partial charge in [0.15, 0.2) is 0 Å². The van der Waals surface area contributed by atoms with Crippen molar-refractivity contribution in [3.8, 4) is 0 Å². The van der Waals surface area contributed by atoms with Gasteiger partial charge in [0.1, 0.15) is 5.69 Å². The zero-order valence-corrected chi connectivity index (χ0v) is 13.9. The first kappa shape index (κ1) is 15.4. The summed E-state index contributed by atoms with van der Waals surface area (Å²) in [4.78, 5) is 20.0. The number of fused-ring (bicyclic) bond motifs is 1. The highest BCUT2D eigenvalue weighted by molar-refractivity contribution is 5.94. The molecule has 7 nitrogen and oxygen atoms in total. The number of aromatic nitrogens is 4. The second-order valence-corrected chi connectivity index (χ2v) is 6.72. The summed E-state index contributed by atoms with van der Waals surface area (Å²) in [6, 6.07) is 1.83. The lowest BCUT2D eigenvalue weighted by atomic mass is 10.1. The molecule has 0 unspecified atom stereocenters. The molecule has 0 bridgehead atoms. The number of hydrogen-bond donors (Lipinski definition) is 1. The van der Waals surface area contributed by atoms with Crippen LogP contribution in [-0.4, -0.2) is 55.3 Å². The standard InChI is InChI=1S/C17H24N6O/c24-17(14-5-6-18-11-14)22-9-4-10-23-16(13-22)15(19-20-23)12-21-7-2-1-3-8-21/h5-6,11,18H,1-4,7-10,12-13H2. The van der Waals surface area contributed by atoms with Crippen molar-refractivity contribution >= 4 is 5.91 Å². The Kier molecular flexibility index (Phi) is 4.34. The number of likely N-dealkylation sites (tertiary alicyclic amines) is 1. The lowest BCUT2D eigenvalue weighted by molar-refractivity contribution is 0.0745. The summed E-state index contributed by atoms with van der Waals surface area (Å²) in [5.74, 6) is 0.0785. The molecular weight excluding hydrogens is 304 g/mol. The van der Waals surface area contributed by atoms with Crippen molar-refractivity contribution in [1.82, 2.24) is 29.8 Å². The number of hydrogen-bond acceptors (Lipinski definition) is 4. The monoisotopic (exact) mass is 328 g/mol. The molecule has 4 heterocycles. The van der Waals surface area contributed by atoms with Gasteiger partial charge in [-0.3, -0.25) is 9.69 Å². The first-order chi connectivity index (χ1) is 11.8. The van der Waals surface area contributed by atoms with Gasteiger partial charge in [-0.1, -0.05) is 11.6 Å². The highest BCUT2D eigenvalue weighted by Crippen LogP contribution is 2.19. The number of H-pyrrole nitrogens is 1. The van der Waals surface area contributed by atoms with Crippen LogP contribution in [-0.2, 0) is 19.6 Å². The van der Waals surface area contributed by atoms with Crippen LogP contribution in [0.2, 0.25) is 0 Å². The smallest absolute Gasteiger partial charge is 0.255 e. The van der Waals surface area contributed by atoms with Crippen molar-refractivity contribution in [3.63, 3.8) is 0 Å². The lowest BCUT2D eigenvalue weighted by Gasteiger charge is -2.26. The minimum absolute atomic E-state index is 0.0785. The number of nitrogens with one attached hydrogen (secondary N) is 1. The van der Waals surface area contributed by atoms with E-state index in [0.717, 1.165) is 50.5 Å². The SMILES string of the molecule is O=C(c1cc[nH]c1)N1CCCn2nnc(CN3CCCCC3)c2C1. The van der Waals surface area contributed by atoms with E-state index in [9.17, 15) is 4.79 Å². The zero-order valence-electron chi connectivity index (χ0n) is 13.9. The van der Waals surface area contributed by atoms with Crippen LogP contribution in [0.4, 0.5) is 0 Å². The summed E-state index contributed by atoms with van der Waals surface area (Å²) < 4.78 is 1.99. The molecule has 0 saturated carbocycles. The van der Waals surface area contributed by atoms with Gasteiger partial charge in [-0.2, -0.15) is 0 Å². The summed E-state index contributed by atoms with van der Waals surface area (Å²) in [6.45, 7) is 5.31. The normalized spacial score (nSPS) is 19.1. The van der Waals surface area contributed by atoms with E-state index in [1.54, 1.807) is 12.4 Å². The van der Waals surface area contributed by atoms with Crippen LogP contribution >= 0.6 is 0 Å². The second-order valence-electron chi connectivity index (χ2n) is 6.72. The first-order valence-electron chi connectivity index (χ1n) is 8.87. The Hall–Kier alpha value is -2.15. The maximum Gasteiger partial charge on any atom is 0.255 e. The Bertz CT molecular complexity index is 686. The molecule has 2 aliphatic heterocycles. The van der Waals surface area contributed by atoms with E-state index < -0.39 is 0 Å². The minimum Gasteiger partial charge on any atom is -0.367 e. The van der Waals surface area contributed by atoms with E-state index in [2.05, 4.69) is 20.2 Å². The number of carbonyl (C=O) groups excluding carboxylic acids is 1. The van der Waals surface area contributed by atoms with Crippen molar-refractivity contribution in [1.29, 1.82) is 0 Å². The van der Waals surface area contributed by atoms with Crippen LogP contribution in [0.5, 0.6) is 0 Å². The third-order valence-corrected chi connectivity index (χ3v) is 5.01. The van der Waals surface area contributed by atoms with Crippen molar-refractivity contribution in [2.24, 2.45) is 0 Å². The average molecular weight is 328 g/mol. The molecule has 4 rings (SSSR count). The molecule has 128 valence electrons. The van der Waals surface area contributed by atoms with Gasteiger partial charge in [0.2, 0.25) is 0 Å². The van der Waals surface area contributed by atoms with Gasteiger partial charge in [-0.05, 0) is 38.4 Å². The van der Waals surface area contributed by atoms with Gasteiger partial charge < -0.3 is 9.88 Å². The summed E-state index contributed by atoms with van der Waals surface area (Å²) in [5, 5.41) is 8.75. The van der Waals surface area contributed by atoms with Crippen molar-refractivity contribution < 1.29 is 4.79 Å². The number of aromatic amines is 1. The predicted octanol–water partition coefficient (Wildman–Crippen LogP) is 1.64. The fourth-order valence-electron chi connectivity index (χ4n) is 3.66. The van der Waals surface area contributed by atoms with Crippen molar-refractivity contribution in [2.75, 3.05) is 19.6 Å². The Morgan fingerprint density at radius 1 is 1.12 bits per heavy atom. The summed E-state index contributed by atoms with van der Waals surface area (Å²) in [7, 11) is 0. The fourth-order valence-corrected chi connectivity index (χ4v) is 3.66. The molecule has 2 aliphatic rings. The highest BCUT2D eigenvalue weighted by atomic mass is 16.2. The van der Waals surface area contributed by atoms with Crippen LogP contribution < -0.4 is 0 Å². The number of rotatable bonds is 3. The lowest BCUT2D eigenvalue weighted by Crippen LogP contribution is -2.32. The quantitative estimate of drug-likeness (QED) is 0.930. The highest BCUT2D eigenvalue weighted by Gasteiger charge is 2.25. The van der Waals surface area contributed by atoms with Crippen LogP contribution in [0.15, 0.2) is 18.5 Å². The topological polar surface area (TPSA) is 70.0 Å². The number of carbonyl (C=O) groups is 1. The van der Waals surface area contributed by atoms with Crippen LogP contribution in [0.3, 0.4) is 0 Å². The van der Waals surface area contributed by atoms with E-state index in [4.69, 9.17) is 0 Å². The van der Waals surface area contributed by atoms with Crippen LogP contribution in [0.25, 0.3) is 0 Å². The van der Waals surface area contributed by atoms with Gasteiger partial charge in [0.05, 0.1) is 17.8 Å². The summed E-state index contributed by atoms with van der Waals surface area (Å²) >= 11 is 0. The molecule has 1 N–H and O–H groups in total. The Labute approximate surface area is 141 Å². The summed E-state index contributed by atoms with van der Waals surface area (Å²) in [5.41, 5.74) is 2.85. The van der Waals surface area contributed by atoms with E-state index in [1.165, 1.54) is 19.3 Å². The molecular formula is C17H24N6O. The van der Waals surface area contributed by atoms with Crippen LogP contribution in [0.1, 0.15) is 47.4 Å². The largest absolute Gasteiger partial charge is 0.367 e. The minimum atomic E-state index is 0.0785. The molecule has 0 aliphatic carbocycles. The van der Waals surface area contributed by atoms with E-state index in [-0.39, 0.29) is 5.91 Å². The Balaban J connectivity index is 1.52. The maximum absolute atomic E-state index is 12.7. The molecule has 24 heavy (non-hydrogen) atoms. The second kappa shape index (κ2) is 6.76. The van der Waals surface area contributed by atoms with Gasteiger partial charge in [-0.15, -0.1) is 5.10 Å². The third kappa shape index (κ3) is 3.08.